The second-order valence-electron chi connectivity index (χ2n) is 2.87. The molecule has 0 bridgehead atoms. The third kappa shape index (κ3) is 2.88. The molecule has 0 aromatic heterocycles. The number of aliphatic imine (C=N–C) groups is 2. The van der Waals surface area contributed by atoms with Crippen LogP contribution < -0.4 is 0 Å². The Morgan fingerprint density at radius 3 is 1.12 bits per heavy atom. The van der Waals surface area contributed by atoms with Crippen molar-refractivity contribution < 1.29 is 39.5 Å². The van der Waals surface area contributed by atoms with E-state index >= 15 is 0 Å². The second-order valence-corrected chi connectivity index (χ2v) is 2.87. The summed E-state index contributed by atoms with van der Waals surface area (Å²) in [5.41, 5.74) is -5.32. The van der Waals surface area contributed by atoms with Gasteiger partial charge in [0.25, 0.3) is 0 Å². The lowest BCUT2D eigenvalue weighted by Crippen LogP contribution is -2.38. The fourth-order valence-electron chi connectivity index (χ4n) is 0.957. The molecule has 0 saturated heterocycles. The summed E-state index contributed by atoms with van der Waals surface area (Å²) >= 11 is 0. The molecular weight excluding hydrogens is 271 g/mol. The van der Waals surface area contributed by atoms with Crippen LogP contribution in [0.15, 0.2) is 9.98 Å². The molecule has 0 amide bonds. The Morgan fingerprint density at radius 1 is 0.647 bits per heavy atom. The lowest BCUT2D eigenvalue weighted by Gasteiger charge is -2.10. The standard InChI is InChI=1S/C6HF9N2/c7-4(8,9)1-2(5(10,11)12)17-3(16-1)6(13,14)15/h3H. The van der Waals surface area contributed by atoms with E-state index in [0.717, 1.165) is 0 Å². The Bertz CT molecular complexity index is 338. The highest BCUT2D eigenvalue weighted by atomic mass is 19.4. The van der Waals surface area contributed by atoms with E-state index in [2.05, 4.69) is 0 Å². The van der Waals surface area contributed by atoms with Crippen molar-refractivity contribution >= 4 is 11.4 Å². The first-order valence-corrected chi connectivity index (χ1v) is 3.70. The predicted octanol–water partition coefficient (Wildman–Crippen LogP) is 2.89. The normalized spacial score (nSPS) is 19.4. The first-order valence-electron chi connectivity index (χ1n) is 3.70. The molecule has 1 heterocycles. The Morgan fingerprint density at radius 2 is 0.941 bits per heavy atom. The van der Waals surface area contributed by atoms with Gasteiger partial charge in [-0.05, 0) is 0 Å². The molecule has 2 nitrogen and oxygen atoms in total. The van der Waals surface area contributed by atoms with Gasteiger partial charge < -0.3 is 0 Å². The van der Waals surface area contributed by atoms with Crippen LogP contribution in [0.3, 0.4) is 0 Å². The predicted molar refractivity (Wildman–Crippen MR) is 36.8 cm³/mol. The Balaban J connectivity index is 3.24. The number of alkyl halides is 9. The van der Waals surface area contributed by atoms with E-state index < -0.39 is 36.1 Å². The van der Waals surface area contributed by atoms with Crippen LogP contribution in [0.1, 0.15) is 0 Å². The van der Waals surface area contributed by atoms with Crippen molar-refractivity contribution in [3.8, 4) is 0 Å². The zero-order valence-electron chi connectivity index (χ0n) is 7.37. The van der Waals surface area contributed by atoms with Gasteiger partial charge in [0.05, 0.1) is 0 Å². The molecule has 0 unspecified atom stereocenters. The molecule has 0 spiro atoms. The van der Waals surface area contributed by atoms with Crippen molar-refractivity contribution in [2.45, 2.75) is 24.7 Å². The third-order valence-corrected chi connectivity index (χ3v) is 1.56. The van der Waals surface area contributed by atoms with E-state index in [0.29, 0.717) is 0 Å². The molecule has 0 radical (unpaired) electrons. The van der Waals surface area contributed by atoms with Gasteiger partial charge in [-0.2, -0.15) is 39.5 Å². The zero-order valence-corrected chi connectivity index (χ0v) is 7.37. The highest BCUT2D eigenvalue weighted by molar-refractivity contribution is 6.47. The molecule has 0 aromatic rings. The van der Waals surface area contributed by atoms with Gasteiger partial charge in [0.1, 0.15) is 0 Å². The van der Waals surface area contributed by atoms with Crippen molar-refractivity contribution in [2.24, 2.45) is 9.98 Å². The smallest absolute Gasteiger partial charge is 0.242 e. The van der Waals surface area contributed by atoms with Crippen LogP contribution in [0, 0.1) is 0 Å². The molecule has 1 aliphatic rings. The average molecular weight is 272 g/mol. The van der Waals surface area contributed by atoms with E-state index in [1.807, 2.05) is 9.98 Å². The molecule has 0 aliphatic carbocycles. The molecule has 0 N–H and O–H groups in total. The summed E-state index contributed by atoms with van der Waals surface area (Å²) < 4.78 is 108. The van der Waals surface area contributed by atoms with Crippen LogP contribution in [0.25, 0.3) is 0 Å². The van der Waals surface area contributed by atoms with Crippen LogP contribution in [0.4, 0.5) is 39.5 Å². The first-order chi connectivity index (χ1) is 7.33. The van der Waals surface area contributed by atoms with Gasteiger partial charge in [0.2, 0.25) is 6.17 Å². The van der Waals surface area contributed by atoms with Crippen LogP contribution in [0.2, 0.25) is 0 Å². The summed E-state index contributed by atoms with van der Waals surface area (Å²) in [6, 6.07) is 0. The van der Waals surface area contributed by atoms with Crippen molar-refractivity contribution in [1.29, 1.82) is 0 Å². The van der Waals surface area contributed by atoms with E-state index in [4.69, 9.17) is 0 Å². The minimum atomic E-state index is -5.64. The molecule has 0 saturated carbocycles. The van der Waals surface area contributed by atoms with Crippen LogP contribution in [-0.2, 0) is 0 Å². The SMILES string of the molecule is FC(F)(F)C1=NC(C(F)(F)F)N=C1C(F)(F)F. The van der Waals surface area contributed by atoms with Crippen LogP contribution in [-0.4, -0.2) is 36.1 Å². The lowest BCUT2D eigenvalue weighted by molar-refractivity contribution is -0.144. The topological polar surface area (TPSA) is 24.7 Å². The number of hydrogen-bond donors (Lipinski definition) is 0. The summed E-state index contributed by atoms with van der Waals surface area (Å²) in [4.78, 5) is 3.84. The van der Waals surface area contributed by atoms with Gasteiger partial charge in [0, 0.05) is 0 Å². The summed E-state index contributed by atoms with van der Waals surface area (Å²) in [6.45, 7) is 0. The highest BCUT2D eigenvalue weighted by Crippen LogP contribution is 2.35. The molecule has 1 aliphatic heterocycles. The van der Waals surface area contributed by atoms with Crippen molar-refractivity contribution in [1.82, 2.24) is 0 Å². The average Bonchev–Trinajstić information content (AvgIpc) is 2.42. The van der Waals surface area contributed by atoms with Crippen LogP contribution in [0.5, 0.6) is 0 Å². The largest absolute Gasteiger partial charge is 0.435 e. The second kappa shape index (κ2) is 3.60. The monoisotopic (exact) mass is 272 g/mol. The fourth-order valence-corrected chi connectivity index (χ4v) is 0.957. The van der Waals surface area contributed by atoms with E-state index in [-0.39, 0.29) is 0 Å². The summed E-state index contributed by atoms with van der Waals surface area (Å²) in [6.07, 6.45) is -20.1. The Labute approximate surface area is 86.8 Å². The number of nitrogens with zero attached hydrogens (tertiary/aromatic N) is 2. The molecule has 1 rings (SSSR count). The van der Waals surface area contributed by atoms with E-state index in [9.17, 15) is 39.5 Å². The van der Waals surface area contributed by atoms with Gasteiger partial charge >= 0.3 is 18.5 Å². The van der Waals surface area contributed by atoms with E-state index in [1.54, 1.807) is 0 Å². The maximum absolute atomic E-state index is 12.0. The highest BCUT2D eigenvalue weighted by Gasteiger charge is 2.56. The summed E-state index contributed by atoms with van der Waals surface area (Å²) in [5, 5.41) is 0. The van der Waals surface area contributed by atoms with Crippen molar-refractivity contribution in [3.05, 3.63) is 0 Å². The number of halogens is 9. The van der Waals surface area contributed by atoms with Gasteiger partial charge in [-0.3, -0.25) is 0 Å². The molecule has 0 atom stereocenters. The van der Waals surface area contributed by atoms with Gasteiger partial charge in [-0.15, -0.1) is 0 Å². The minimum Gasteiger partial charge on any atom is -0.242 e. The zero-order chi connectivity index (χ0) is 13.6. The minimum absolute atomic E-state index is 1.92. The molecule has 17 heavy (non-hydrogen) atoms. The maximum Gasteiger partial charge on any atom is 0.435 e. The quantitative estimate of drug-likeness (QED) is 0.606. The van der Waals surface area contributed by atoms with Gasteiger partial charge in [0.15, 0.2) is 11.4 Å². The lowest BCUT2D eigenvalue weighted by atomic mass is 10.2. The number of rotatable bonds is 0. The third-order valence-electron chi connectivity index (χ3n) is 1.56. The van der Waals surface area contributed by atoms with E-state index in [1.165, 1.54) is 0 Å². The Kier molecular flexibility index (Phi) is 2.92. The number of hydrogen-bond acceptors (Lipinski definition) is 2. The molecule has 0 aromatic carbocycles. The molecule has 0 fully saturated rings. The van der Waals surface area contributed by atoms with Crippen molar-refractivity contribution in [2.75, 3.05) is 0 Å². The Hall–Kier alpha value is -1.29. The van der Waals surface area contributed by atoms with Crippen molar-refractivity contribution in [3.63, 3.8) is 0 Å². The van der Waals surface area contributed by atoms with Gasteiger partial charge in [-0.1, -0.05) is 0 Å². The molecule has 98 valence electrons. The first kappa shape index (κ1) is 13.8. The maximum atomic E-state index is 12.0. The fraction of sp³-hybridized carbons (Fsp3) is 0.667. The van der Waals surface area contributed by atoms with Crippen LogP contribution >= 0.6 is 0 Å². The molecule has 11 heteroatoms. The molecular formula is C6HF9N2. The summed E-state index contributed by atoms with van der Waals surface area (Å²) in [7, 11) is 0. The summed E-state index contributed by atoms with van der Waals surface area (Å²) in [5.74, 6) is 0. The van der Waals surface area contributed by atoms with Gasteiger partial charge in [-0.25, -0.2) is 9.98 Å².